The first-order valence-electron chi connectivity index (χ1n) is 4.70. The van der Waals surface area contributed by atoms with Crippen LogP contribution in [0.5, 0.6) is 0 Å². The third-order valence-electron chi connectivity index (χ3n) is 3.46. The van der Waals surface area contributed by atoms with E-state index in [2.05, 4.69) is 0 Å². The maximum Gasteiger partial charge on any atom is 0.241 e. The Bertz CT molecular complexity index is 177. The predicted molar refractivity (Wildman–Crippen MR) is 43.0 cm³/mol. The molecule has 0 heterocycles. The van der Waals surface area contributed by atoms with Crippen LogP contribution in [0.25, 0.3) is 0 Å². The lowest BCUT2D eigenvalue weighted by atomic mass is 9.87. The van der Waals surface area contributed by atoms with E-state index in [0.717, 1.165) is 25.7 Å². The van der Waals surface area contributed by atoms with Gasteiger partial charge in [-0.25, -0.2) is 8.78 Å². The molecular weight excluding hydrogens is 160 g/mol. The number of hydrogen-bond acceptors (Lipinski definition) is 1. The molecule has 12 heavy (non-hydrogen) atoms. The molecule has 1 nitrogen and oxygen atoms in total. The molecule has 2 aliphatic carbocycles. The van der Waals surface area contributed by atoms with Crippen molar-refractivity contribution in [1.82, 2.24) is 0 Å². The van der Waals surface area contributed by atoms with Gasteiger partial charge in [0.2, 0.25) is 6.43 Å². The second-order valence-corrected chi connectivity index (χ2v) is 4.27. The first-order chi connectivity index (χ1) is 5.63. The Balaban J connectivity index is 2.04. The van der Waals surface area contributed by atoms with E-state index in [9.17, 15) is 8.78 Å². The molecule has 0 radical (unpaired) electrons. The lowest BCUT2D eigenvalue weighted by molar-refractivity contribution is 0.0468. The Labute approximate surface area is 71.3 Å². The summed E-state index contributed by atoms with van der Waals surface area (Å²) >= 11 is 0. The number of rotatable bonds is 2. The van der Waals surface area contributed by atoms with Crippen LogP contribution in [0.1, 0.15) is 32.1 Å². The summed E-state index contributed by atoms with van der Waals surface area (Å²) in [6.07, 6.45) is 2.31. The van der Waals surface area contributed by atoms with Gasteiger partial charge in [-0.2, -0.15) is 0 Å². The maximum atomic E-state index is 12.5. The van der Waals surface area contributed by atoms with E-state index in [-0.39, 0.29) is 11.5 Å². The molecule has 0 saturated heterocycles. The quantitative estimate of drug-likeness (QED) is 0.683. The van der Waals surface area contributed by atoms with Gasteiger partial charge in [0.15, 0.2) is 0 Å². The van der Waals surface area contributed by atoms with Crippen LogP contribution in [0.2, 0.25) is 0 Å². The Morgan fingerprint density at radius 3 is 2.42 bits per heavy atom. The number of halogens is 2. The highest BCUT2D eigenvalue weighted by Crippen LogP contribution is 2.51. The lowest BCUT2D eigenvalue weighted by Gasteiger charge is -2.24. The molecule has 2 atom stereocenters. The lowest BCUT2D eigenvalue weighted by Crippen LogP contribution is -2.36. The first kappa shape index (κ1) is 8.42. The fourth-order valence-corrected chi connectivity index (χ4v) is 2.52. The van der Waals surface area contributed by atoms with E-state index in [4.69, 9.17) is 5.73 Å². The summed E-state index contributed by atoms with van der Waals surface area (Å²) in [5, 5.41) is 0. The summed E-state index contributed by atoms with van der Waals surface area (Å²) in [4.78, 5) is 0. The molecule has 2 aliphatic rings. The van der Waals surface area contributed by atoms with Gasteiger partial charge in [0, 0.05) is 11.5 Å². The summed E-state index contributed by atoms with van der Waals surface area (Å²) in [5.41, 5.74) is 5.75. The number of alkyl halides is 2. The van der Waals surface area contributed by atoms with E-state index >= 15 is 0 Å². The summed E-state index contributed by atoms with van der Waals surface area (Å²) in [5.74, 6) is -0.296. The Kier molecular flexibility index (Phi) is 1.86. The van der Waals surface area contributed by atoms with Gasteiger partial charge >= 0.3 is 0 Å². The van der Waals surface area contributed by atoms with Gasteiger partial charge in [0.1, 0.15) is 0 Å². The molecule has 0 spiro atoms. The van der Waals surface area contributed by atoms with Crippen LogP contribution in [-0.4, -0.2) is 12.0 Å². The van der Waals surface area contributed by atoms with Crippen LogP contribution >= 0.6 is 0 Å². The van der Waals surface area contributed by atoms with Gasteiger partial charge in [-0.3, -0.25) is 0 Å². The van der Waals surface area contributed by atoms with Crippen molar-refractivity contribution in [2.24, 2.45) is 17.6 Å². The largest absolute Gasteiger partial charge is 0.325 e. The molecule has 0 aromatic rings. The Morgan fingerprint density at radius 1 is 1.25 bits per heavy atom. The van der Waals surface area contributed by atoms with E-state index in [0.29, 0.717) is 6.42 Å². The van der Waals surface area contributed by atoms with Crippen molar-refractivity contribution in [1.29, 1.82) is 0 Å². The zero-order chi connectivity index (χ0) is 8.77. The van der Waals surface area contributed by atoms with Crippen LogP contribution in [-0.2, 0) is 0 Å². The highest BCUT2D eigenvalue weighted by Gasteiger charge is 2.52. The number of nitrogens with two attached hydrogens (primary N) is 1. The minimum absolute atomic E-state index is 0.109. The van der Waals surface area contributed by atoms with Gasteiger partial charge < -0.3 is 5.73 Å². The van der Waals surface area contributed by atoms with Gasteiger partial charge in [-0.1, -0.05) is 6.42 Å². The minimum Gasteiger partial charge on any atom is -0.325 e. The maximum absolute atomic E-state index is 12.5. The Morgan fingerprint density at radius 2 is 1.92 bits per heavy atom. The zero-order valence-corrected chi connectivity index (χ0v) is 7.10. The first-order valence-corrected chi connectivity index (χ1v) is 4.70. The molecule has 3 heteroatoms. The van der Waals surface area contributed by atoms with Gasteiger partial charge in [0.25, 0.3) is 0 Å². The van der Waals surface area contributed by atoms with Crippen molar-refractivity contribution in [3.05, 3.63) is 0 Å². The molecule has 0 aromatic heterocycles. The summed E-state index contributed by atoms with van der Waals surface area (Å²) in [6.45, 7) is 0. The molecule has 2 unspecified atom stereocenters. The second kappa shape index (κ2) is 2.66. The van der Waals surface area contributed by atoms with Crippen molar-refractivity contribution < 1.29 is 8.78 Å². The van der Waals surface area contributed by atoms with Crippen molar-refractivity contribution in [2.45, 2.75) is 44.1 Å². The molecular formula is C9H15F2N. The molecule has 70 valence electrons. The van der Waals surface area contributed by atoms with E-state index in [1.54, 1.807) is 0 Å². The van der Waals surface area contributed by atoms with E-state index in [1.165, 1.54) is 0 Å². The predicted octanol–water partition coefficient (Wildman–Crippen LogP) is 2.16. The molecule has 2 rings (SSSR count). The molecule has 0 aliphatic heterocycles. The average Bonchev–Trinajstić information content (AvgIpc) is 2.61. The third kappa shape index (κ3) is 1.24. The van der Waals surface area contributed by atoms with Crippen LogP contribution in [0.4, 0.5) is 8.78 Å². The van der Waals surface area contributed by atoms with Crippen LogP contribution in [0, 0.1) is 11.8 Å². The van der Waals surface area contributed by atoms with Crippen molar-refractivity contribution in [2.75, 3.05) is 0 Å². The second-order valence-electron chi connectivity index (χ2n) is 4.27. The smallest absolute Gasteiger partial charge is 0.241 e. The van der Waals surface area contributed by atoms with Crippen LogP contribution < -0.4 is 5.73 Å². The molecule has 2 saturated carbocycles. The highest BCUT2D eigenvalue weighted by molar-refractivity contribution is 5.07. The minimum atomic E-state index is -2.15. The van der Waals surface area contributed by atoms with Gasteiger partial charge in [-0.15, -0.1) is 0 Å². The SMILES string of the molecule is NC1(C2CCCC2C(F)F)CC1. The summed E-state index contributed by atoms with van der Waals surface area (Å²) in [6, 6.07) is 0. The highest BCUT2D eigenvalue weighted by atomic mass is 19.3. The average molecular weight is 175 g/mol. The fraction of sp³-hybridized carbons (Fsp3) is 1.00. The van der Waals surface area contributed by atoms with Gasteiger partial charge in [0.05, 0.1) is 0 Å². The molecule has 0 amide bonds. The van der Waals surface area contributed by atoms with Crippen molar-refractivity contribution in [3.8, 4) is 0 Å². The van der Waals surface area contributed by atoms with E-state index < -0.39 is 12.3 Å². The van der Waals surface area contributed by atoms with E-state index in [1.807, 2.05) is 0 Å². The monoisotopic (exact) mass is 175 g/mol. The summed E-state index contributed by atoms with van der Waals surface area (Å²) < 4.78 is 25.0. The van der Waals surface area contributed by atoms with Crippen molar-refractivity contribution in [3.63, 3.8) is 0 Å². The normalized spacial score (nSPS) is 39.0. The van der Waals surface area contributed by atoms with Crippen LogP contribution in [0.3, 0.4) is 0 Å². The Hall–Kier alpha value is -0.180. The molecule has 2 fully saturated rings. The standard InChI is InChI=1S/C9H15F2N/c10-8(11)6-2-1-3-7(6)9(12)4-5-9/h6-8H,1-5,12H2. The van der Waals surface area contributed by atoms with Crippen LogP contribution in [0.15, 0.2) is 0 Å². The molecule has 0 bridgehead atoms. The topological polar surface area (TPSA) is 26.0 Å². The van der Waals surface area contributed by atoms with Gasteiger partial charge in [-0.05, 0) is 31.6 Å². The molecule has 0 aromatic carbocycles. The fourth-order valence-electron chi connectivity index (χ4n) is 2.52. The van der Waals surface area contributed by atoms with Crippen molar-refractivity contribution >= 4 is 0 Å². The molecule has 2 N–H and O–H groups in total. The zero-order valence-electron chi connectivity index (χ0n) is 7.10. The third-order valence-corrected chi connectivity index (χ3v) is 3.46. The summed E-state index contributed by atoms with van der Waals surface area (Å²) in [7, 11) is 0. The number of hydrogen-bond donors (Lipinski definition) is 1.